The second-order valence-corrected chi connectivity index (χ2v) is 12.4. The lowest BCUT2D eigenvalue weighted by molar-refractivity contribution is -0.140. The van der Waals surface area contributed by atoms with E-state index in [9.17, 15) is 19.5 Å². The molecule has 2 atom stereocenters. The van der Waals surface area contributed by atoms with Crippen molar-refractivity contribution in [3.05, 3.63) is 86.6 Å². The van der Waals surface area contributed by atoms with Crippen LogP contribution in [0.25, 0.3) is 0 Å². The maximum Gasteiger partial charge on any atom is 0.264 e. The van der Waals surface area contributed by atoms with Crippen LogP contribution in [0.2, 0.25) is 5.02 Å². The van der Waals surface area contributed by atoms with Crippen molar-refractivity contribution in [3.8, 4) is 0 Å². The van der Waals surface area contributed by atoms with Gasteiger partial charge in [0.2, 0.25) is 5.91 Å². The molecule has 3 amide bonds. The SMILES string of the molecule is C[C@@H](c1cccs1)N1C(=O)c2cccc(N3CCC[C@H](C(=O)N4CCC(O)(c5ccc(Cl)cc5)CC4)C3)c2C1=O. The van der Waals surface area contributed by atoms with Crippen LogP contribution in [0.1, 0.15) is 69.8 Å². The molecule has 0 aliphatic carbocycles. The highest BCUT2D eigenvalue weighted by molar-refractivity contribution is 7.10. The average Bonchev–Trinajstić information content (AvgIpc) is 3.60. The summed E-state index contributed by atoms with van der Waals surface area (Å²) in [7, 11) is 0. The van der Waals surface area contributed by atoms with Crippen LogP contribution in [0.4, 0.5) is 5.69 Å². The fraction of sp³-hybridized carbons (Fsp3) is 0.387. The number of halogens is 1. The number of imide groups is 1. The summed E-state index contributed by atoms with van der Waals surface area (Å²) in [5, 5.41) is 13.8. The highest BCUT2D eigenvalue weighted by Gasteiger charge is 2.43. The molecule has 0 unspecified atom stereocenters. The van der Waals surface area contributed by atoms with Crippen molar-refractivity contribution >= 4 is 46.3 Å². The molecule has 0 bridgehead atoms. The number of aliphatic hydroxyl groups is 1. The molecule has 208 valence electrons. The zero-order chi connectivity index (χ0) is 28.0. The van der Waals surface area contributed by atoms with E-state index in [-0.39, 0.29) is 29.7 Å². The van der Waals surface area contributed by atoms with Gasteiger partial charge in [0.05, 0.1) is 34.4 Å². The number of hydrogen-bond acceptors (Lipinski definition) is 6. The Kier molecular flexibility index (Phi) is 7.19. The summed E-state index contributed by atoms with van der Waals surface area (Å²) in [6.07, 6.45) is 2.53. The molecule has 6 rings (SSSR count). The maximum atomic E-state index is 13.6. The van der Waals surface area contributed by atoms with E-state index in [1.807, 2.05) is 53.6 Å². The van der Waals surface area contributed by atoms with Crippen molar-refractivity contribution in [2.75, 3.05) is 31.1 Å². The van der Waals surface area contributed by atoms with Gasteiger partial charge in [-0.1, -0.05) is 35.9 Å². The Balaban J connectivity index is 1.16. The minimum absolute atomic E-state index is 0.0887. The second kappa shape index (κ2) is 10.7. The van der Waals surface area contributed by atoms with E-state index in [1.165, 1.54) is 16.2 Å². The summed E-state index contributed by atoms with van der Waals surface area (Å²) >= 11 is 7.54. The van der Waals surface area contributed by atoms with Crippen molar-refractivity contribution in [2.24, 2.45) is 5.92 Å². The first-order chi connectivity index (χ1) is 19.3. The number of likely N-dealkylation sites (tertiary alicyclic amines) is 1. The Labute approximate surface area is 243 Å². The van der Waals surface area contributed by atoms with E-state index in [1.54, 1.807) is 18.2 Å². The molecule has 0 saturated carbocycles. The Hall–Kier alpha value is -3.20. The normalized spacial score (nSPS) is 21.5. The molecule has 1 aromatic heterocycles. The lowest BCUT2D eigenvalue weighted by Crippen LogP contribution is -2.50. The smallest absolute Gasteiger partial charge is 0.264 e. The number of nitrogens with zero attached hydrogens (tertiary/aromatic N) is 3. The largest absolute Gasteiger partial charge is 0.385 e. The summed E-state index contributed by atoms with van der Waals surface area (Å²) < 4.78 is 0. The third kappa shape index (κ3) is 4.72. The van der Waals surface area contributed by atoms with Crippen LogP contribution in [-0.4, -0.2) is 58.8 Å². The van der Waals surface area contributed by atoms with Gasteiger partial charge in [0, 0.05) is 36.1 Å². The van der Waals surface area contributed by atoms with Crippen LogP contribution >= 0.6 is 22.9 Å². The molecule has 7 nitrogen and oxygen atoms in total. The Morgan fingerprint density at radius 3 is 2.48 bits per heavy atom. The first kappa shape index (κ1) is 27.0. The molecule has 0 spiro atoms. The summed E-state index contributed by atoms with van der Waals surface area (Å²) in [6.45, 7) is 4.07. The molecule has 9 heteroatoms. The quantitative estimate of drug-likeness (QED) is 0.406. The number of piperidine rings is 2. The van der Waals surface area contributed by atoms with Gasteiger partial charge in [-0.2, -0.15) is 0 Å². The fourth-order valence-corrected chi connectivity index (χ4v) is 7.26. The van der Waals surface area contributed by atoms with E-state index in [0.29, 0.717) is 48.6 Å². The molecular formula is C31H32ClN3O4S. The van der Waals surface area contributed by atoms with Crippen LogP contribution in [0.5, 0.6) is 0 Å². The molecule has 2 aromatic carbocycles. The lowest BCUT2D eigenvalue weighted by atomic mass is 9.84. The van der Waals surface area contributed by atoms with Gasteiger partial charge in [-0.3, -0.25) is 19.3 Å². The van der Waals surface area contributed by atoms with Gasteiger partial charge in [-0.25, -0.2) is 0 Å². The van der Waals surface area contributed by atoms with Crippen LogP contribution in [0.3, 0.4) is 0 Å². The number of hydrogen-bond donors (Lipinski definition) is 1. The van der Waals surface area contributed by atoms with E-state index < -0.39 is 5.60 Å². The maximum absolute atomic E-state index is 13.6. The van der Waals surface area contributed by atoms with Crippen molar-refractivity contribution in [2.45, 2.75) is 44.2 Å². The molecule has 40 heavy (non-hydrogen) atoms. The minimum Gasteiger partial charge on any atom is -0.385 e. The predicted octanol–water partition coefficient (Wildman–Crippen LogP) is 5.49. The molecule has 4 heterocycles. The van der Waals surface area contributed by atoms with Crippen molar-refractivity contribution < 1.29 is 19.5 Å². The summed E-state index contributed by atoms with van der Waals surface area (Å²) in [5.74, 6) is -0.665. The van der Waals surface area contributed by atoms with Crippen molar-refractivity contribution in [1.29, 1.82) is 0 Å². The number of carbonyl (C=O) groups excluding carboxylic acids is 3. The van der Waals surface area contributed by atoms with Gasteiger partial charge in [0.25, 0.3) is 11.8 Å². The molecule has 1 N–H and O–H groups in total. The minimum atomic E-state index is -0.969. The number of rotatable bonds is 5. The molecule has 2 fully saturated rings. The van der Waals surface area contributed by atoms with Gasteiger partial charge in [-0.05, 0) is 73.9 Å². The van der Waals surface area contributed by atoms with Crippen LogP contribution < -0.4 is 4.90 Å². The van der Waals surface area contributed by atoms with Gasteiger partial charge in [-0.15, -0.1) is 11.3 Å². The van der Waals surface area contributed by atoms with Gasteiger partial charge < -0.3 is 14.9 Å². The van der Waals surface area contributed by atoms with Crippen molar-refractivity contribution in [3.63, 3.8) is 0 Å². The van der Waals surface area contributed by atoms with Crippen LogP contribution in [0.15, 0.2) is 60.0 Å². The van der Waals surface area contributed by atoms with Crippen molar-refractivity contribution in [1.82, 2.24) is 9.80 Å². The number of thiophene rings is 1. The topological polar surface area (TPSA) is 81.2 Å². The third-order valence-corrected chi connectivity index (χ3v) is 9.96. The monoisotopic (exact) mass is 577 g/mol. The Morgan fingerprint density at radius 2 is 1.77 bits per heavy atom. The first-order valence-electron chi connectivity index (χ1n) is 13.8. The standard InChI is InChI=1S/C31H32ClN3O4S/c1-20(26-8-4-18-40-26)35-29(37)24-6-2-7-25(27(24)30(35)38)34-15-3-5-21(19-34)28(36)33-16-13-31(39,14-17-33)22-9-11-23(32)12-10-22/h2,4,6-12,18,20-21,39H,3,5,13-17,19H2,1H3/t20-,21-/m0/s1. The molecular weight excluding hydrogens is 546 g/mol. The summed E-state index contributed by atoms with van der Waals surface area (Å²) in [4.78, 5) is 46.9. The van der Waals surface area contributed by atoms with E-state index in [0.717, 1.165) is 35.5 Å². The summed E-state index contributed by atoms with van der Waals surface area (Å²) in [5.41, 5.74) is 1.45. The van der Waals surface area contributed by atoms with E-state index in [4.69, 9.17) is 11.6 Å². The molecule has 3 aliphatic rings. The zero-order valence-corrected chi connectivity index (χ0v) is 24.0. The molecule has 3 aliphatic heterocycles. The second-order valence-electron chi connectivity index (χ2n) is 11.0. The highest BCUT2D eigenvalue weighted by Crippen LogP contribution is 2.39. The third-order valence-electron chi connectivity index (χ3n) is 8.66. The Bertz CT molecular complexity index is 1430. The average molecular weight is 578 g/mol. The zero-order valence-electron chi connectivity index (χ0n) is 22.4. The van der Waals surface area contributed by atoms with Gasteiger partial charge in [0.1, 0.15) is 0 Å². The Morgan fingerprint density at radius 1 is 1.02 bits per heavy atom. The number of amides is 3. The summed E-state index contributed by atoms with van der Waals surface area (Å²) in [6, 6.07) is 16.2. The fourth-order valence-electron chi connectivity index (χ4n) is 6.36. The molecule has 3 aromatic rings. The first-order valence-corrected chi connectivity index (χ1v) is 15.1. The van der Waals surface area contributed by atoms with E-state index >= 15 is 0 Å². The van der Waals surface area contributed by atoms with E-state index in [2.05, 4.69) is 4.90 Å². The molecule has 0 radical (unpaired) electrons. The van der Waals surface area contributed by atoms with Gasteiger partial charge >= 0.3 is 0 Å². The highest BCUT2D eigenvalue weighted by atomic mass is 35.5. The number of carbonyl (C=O) groups is 3. The van der Waals surface area contributed by atoms with Gasteiger partial charge in [0.15, 0.2) is 0 Å². The van der Waals surface area contributed by atoms with Crippen LogP contribution in [0, 0.1) is 5.92 Å². The lowest BCUT2D eigenvalue weighted by Gasteiger charge is -2.41. The number of benzene rings is 2. The number of fused-ring (bicyclic) bond motifs is 1. The molecule has 2 saturated heterocycles. The van der Waals surface area contributed by atoms with Crippen LogP contribution in [-0.2, 0) is 10.4 Å². The number of anilines is 1. The predicted molar refractivity (Wildman–Crippen MR) is 156 cm³/mol.